The summed E-state index contributed by atoms with van der Waals surface area (Å²) in [5.41, 5.74) is 1.65. The summed E-state index contributed by atoms with van der Waals surface area (Å²) in [5.74, 6) is -1.11. The maximum Gasteiger partial charge on any atom is 0.254 e. The maximum atomic E-state index is 13.2. The van der Waals surface area contributed by atoms with E-state index in [1.165, 1.54) is 33.5 Å². The van der Waals surface area contributed by atoms with Crippen molar-refractivity contribution in [2.75, 3.05) is 26.2 Å². The molecule has 1 fully saturated rings. The fraction of sp³-hybridized carbons (Fsp3) is 0.417. The molecule has 2 aromatic carbocycles. The number of rotatable bonds is 8. The molecular weight excluding hydrogens is 445 g/mol. The second-order valence-corrected chi connectivity index (χ2v) is 10.1. The Bertz CT molecular complexity index is 1100. The summed E-state index contributed by atoms with van der Waals surface area (Å²) in [6, 6.07) is 10.4. The van der Waals surface area contributed by atoms with Gasteiger partial charge in [0.15, 0.2) is 0 Å². The van der Waals surface area contributed by atoms with E-state index in [0.29, 0.717) is 18.7 Å². The summed E-state index contributed by atoms with van der Waals surface area (Å²) < 4.78 is 40.6. The van der Waals surface area contributed by atoms with E-state index in [0.717, 1.165) is 24.8 Å². The number of nitrogens with one attached hydrogen (secondary N) is 1. The molecule has 1 aliphatic heterocycles. The van der Waals surface area contributed by atoms with Crippen LogP contribution in [0.2, 0.25) is 0 Å². The van der Waals surface area contributed by atoms with Crippen LogP contribution in [0.3, 0.4) is 0 Å². The van der Waals surface area contributed by atoms with Crippen molar-refractivity contribution in [1.29, 1.82) is 0 Å². The van der Waals surface area contributed by atoms with Crippen LogP contribution in [0.25, 0.3) is 0 Å². The Labute approximate surface area is 194 Å². The van der Waals surface area contributed by atoms with E-state index < -0.39 is 15.9 Å². The van der Waals surface area contributed by atoms with Gasteiger partial charge in [0, 0.05) is 31.7 Å². The minimum atomic E-state index is -3.68. The summed E-state index contributed by atoms with van der Waals surface area (Å²) in [5, 5.41) is 2.72. The first-order chi connectivity index (χ1) is 15.7. The van der Waals surface area contributed by atoms with E-state index in [-0.39, 0.29) is 41.8 Å². The number of aryl methyl sites for hydroxylation is 1. The Morgan fingerprint density at radius 2 is 1.73 bits per heavy atom. The van der Waals surface area contributed by atoms with Crippen molar-refractivity contribution in [3.8, 4) is 0 Å². The van der Waals surface area contributed by atoms with Gasteiger partial charge in [-0.25, -0.2) is 12.8 Å². The molecule has 0 atom stereocenters. The molecule has 0 radical (unpaired) electrons. The van der Waals surface area contributed by atoms with Crippen molar-refractivity contribution < 1.29 is 22.4 Å². The summed E-state index contributed by atoms with van der Waals surface area (Å²) in [6.07, 6.45) is 2.67. The summed E-state index contributed by atoms with van der Waals surface area (Å²) in [6.45, 7) is 4.79. The highest BCUT2D eigenvalue weighted by atomic mass is 32.2. The highest BCUT2D eigenvalue weighted by Crippen LogP contribution is 2.23. The number of carbonyl (C=O) groups is 2. The van der Waals surface area contributed by atoms with Gasteiger partial charge in [0.25, 0.3) is 5.91 Å². The Kier molecular flexibility index (Phi) is 8.20. The topological polar surface area (TPSA) is 86.8 Å². The molecule has 1 heterocycles. The van der Waals surface area contributed by atoms with Gasteiger partial charge in [-0.15, -0.1) is 0 Å². The molecule has 33 heavy (non-hydrogen) atoms. The van der Waals surface area contributed by atoms with Crippen molar-refractivity contribution in [2.24, 2.45) is 0 Å². The molecule has 7 nitrogen and oxygen atoms in total. The third-order valence-corrected chi connectivity index (χ3v) is 7.69. The molecule has 178 valence electrons. The lowest BCUT2D eigenvalue weighted by Gasteiger charge is -2.26. The number of benzene rings is 2. The Hall–Kier alpha value is -2.78. The van der Waals surface area contributed by atoms with Crippen LogP contribution in [-0.4, -0.2) is 55.6 Å². The van der Waals surface area contributed by atoms with Crippen LogP contribution >= 0.6 is 0 Å². The Morgan fingerprint density at radius 3 is 2.36 bits per heavy atom. The zero-order valence-corrected chi connectivity index (χ0v) is 19.8. The average Bonchev–Trinajstić information content (AvgIpc) is 2.82. The van der Waals surface area contributed by atoms with Gasteiger partial charge in [-0.2, -0.15) is 4.31 Å². The number of nitrogens with zero attached hydrogens (tertiary/aromatic N) is 2. The second-order valence-electron chi connectivity index (χ2n) is 8.16. The van der Waals surface area contributed by atoms with Gasteiger partial charge < -0.3 is 10.2 Å². The fourth-order valence-corrected chi connectivity index (χ4v) is 5.32. The maximum absolute atomic E-state index is 13.2. The molecule has 1 aliphatic rings. The van der Waals surface area contributed by atoms with Gasteiger partial charge >= 0.3 is 0 Å². The monoisotopic (exact) mass is 475 g/mol. The number of sulfonamides is 1. The third-order valence-electron chi connectivity index (χ3n) is 5.80. The Balaban J connectivity index is 1.71. The Morgan fingerprint density at radius 1 is 1.06 bits per heavy atom. The second kappa shape index (κ2) is 10.9. The standard InChI is InChI=1S/C24H30FN3O4S/c1-3-27(17-23(29)26-16-19-8-10-20(25)11-9-19)24(30)22-15-21(12-7-18(22)2)33(31,32)28-13-5-4-6-14-28/h7-12,15H,3-6,13-14,16-17H2,1-2H3,(H,26,29). The van der Waals surface area contributed by atoms with Crippen molar-refractivity contribution in [2.45, 2.75) is 44.6 Å². The minimum Gasteiger partial charge on any atom is -0.350 e. The van der Waals surface area contributed by atoms with Gasteiger partial charge in [0.05, 0.1) is 11.4 Å². The quantitative estimate of drug-likeness (QED) is 0.636. The molecule has 0 aliphatic carbocycles. The number of halogens is 1. The molecule has 0 unspecified atom stereocenters. The lowest BCUT2D eigenvalue weighted by atomic mass is 10.1. The number of carbonyl (C=O) groups excluding carboxylic acids is 2. The van der Waals surface area contributed by atoms with Crippen LogP contribution in [0, 0.1) is 12.7 Å². The molecular formula is C24H30FN3O4S. The SMILES string of the molecule is CCN(CC(=O)NCc1ccc(F)cc1)C(=O)c1cc(S(=O)(=O)N2CCCCC2)ccc1C. The first-order valence-corrected chi connectivity index (χ1v) is 12.6. The lowest BCUT2D eigenvalue weighted by molar-refractivity contribution is -0.121. The minimum absolute atomic E-state index is 0.0927. The van der Waals surface area contributed by atoms with Gasteiger partial charge in [-0.3, -0.25) is 9.59 Å². The number of amides is 2. The van der Waals surface area contributed by atoms with Gasteiger partial charge in [0.1, 0.15) is 5.82 Å². The van der Waals surface area contributed by atoms with Gasteiger partial charge in [0.2, 0.25) is 15.9 Å². The van der Waals surface area contributed by atoms with Crippen LogP contribution in [0.15, 0.2) is 47.4 Å². The van der Waals surface area contributed by atoms with Crippen LogP contribution < -0.4 is 5.32 Å². The summed E-state index contributed by atoms with van der Waals surface area (Å²) in [4.78, 5) is 27.1. The van der Waals surface area contributed by atoms with Crippen LogP contribution in [-0.2, 0) is 21.4 Å². The predicted octanol–water partition coefficient (Wildman–Crippen LogP) is 3.09. The molecule has 2 aromatic rings. The summed E-state index contributed by atoms with van der Waals surface area (Å²) >= 11 is 0. The smallest absolute Gasteiger partial charge is 0.254 e. The third kappa shape index (κ3) is 6.17. The van der Waals surface area contributed by atoms with E-state index in [2.05, 4.69) is 5.32 Å². The molecule has 1 N–H and O–H groups in total. The lowest BCUT2D eigenvalue weighted by Crippen LogP contribution is -2.40. The van der Waals surface area contributed by atoms with Crippen LogP contribution in [0.1, 0.15) is 47.7 Å². The molecule has 1 saturated heterocycles. The van der Waals surface area contributed by atoms with Gasteiger partial charge in [-0.05, 0) is 62.1 Å². The highest BCUT2D eigenvalue weighted by Gasteiger charge is 2.28. The fourth-order valence-electron chi connectivity index (χ4n) is 3.78. The molecule has 0 aromatic heterocycles. The van der Waals surface area contributed by atoms with Crippen molar-refractivity contribution >= 4 is 21.8 Å². The van der Waals surface area contributed by atoms with Crippen LogP contribution in [0.5, 0.6) is 0 Å². The molecule has 0 spiro atoms. The van der Waals surface area contributed by atoms with Crippen molar-refractivity contribution in [1.82, 2.24) is 14.5 Å². The first-order valence-electron chi connectivity index (χ1n) is 11.1. The largest absolute Gasteiger partial charge is 0.350 e. The average molecular weight is 476 g/mol. The highest BCUT2D eigenvalue weighted by molar-refractivity contribution is 7.89. The van der Waals surface area contributed by atoms with E-state index >= 15 is 0 Å². The molecule has 9 heteroatoms. The normalized spacial score (nSPS) is 14.6. The molecule has 0 saturated carbocycles. The predicted molar refractivity (Wildman–Crippen MR) is 124 cm³/mol. The molecule has 0 bridgehead atoms. The number of likely N-dealkylation sites (N-methyl/N-ethyl adjacent to an activating group) is 1. The zero-order valence-electron chi connectivity index (χ0n) is 19.0. The van der Waals surface area contributed by atoms with E-state index in [1.54, 1.807) is 32.0 Å². The van der Waals surface area contributed by atoms with Crippen LogP contribution in [0.4, 0.5) is 4.39 Å². The van der Waals surface area contributed by atoms with E-state index in [1.807, 2.05) is 0 Å². The number of piperidine rings is 1. The van der Waals surface area contributed by atoms with Crippen molar-refractivity contribution in [3.05, 3.63) is 65.0 Å². The molecule has 3 rings (SSSR count). The summed E-state index contributed by atoms with van der Waals surface area (Å²) in [7, 11) is -3.68. The number of hydrogen-bond acceptors (Lipinski definition) is 4. The van der Waals surface area contributed by atoms with E-state index in [9.17, 15) is 22.4 Å². The van der Waals surface area contributed by atoms with Crippen molar-refractivity contribution in [3.63, 3.8) is 0 Å². The molecule has 2 amide bonds. The first kappa shape index (κ1) is 24.9. The van der Waals surface area contributed by atoms with E-state index in [4.69, 9.17) is 0 Å². The van der Waals surface area contributed by atoms with Gasteiger partial charge in [-0.1, -0.05) is 24.6 Å². The number of hydrogen-bond donors (Lipinski definition) is 1. The zero-order chi connectivity index (χ0) is 24.0.